The first kappa shape index (κ1) is 45.8. The van der Waals surface area contributed by atoms with Crippen molar-refractivity contribution in [3.05, 3.63) is 271 Å². The molecule has 12 rings (SSSR count). The van der Waals surface area contributed by atoms with E-state index in [1.54, 1.807) is 0 Å². The number of benzene rings is 10. The molecule has 0 aromatic heterocycles. The summed E-state index contributed by atoms with van der Waals surface area (Å²) in [5.41, 5.74) is 15.8. The molecule has 0 saturated carbocycles. The van der Waals surface area contributed by atoms with Crippen LogP contribution in [0.5, 0.6) is 0 Å². The molecule has 0 spiro atoms. The lowest BCUT2D eigenvalue weighted by Crippen LogP contribution is -2.30. The summed E-state index contributed by atoms with van der Waals surface area (Å²) in [5.74, 6) is 0. The minimum Gasteiger partial charge on any atom is -0.311 e. The van der Waals surface area contributed by atoms with E-state index in [0.717, 1.165) is 30.6 Å². The second kappa shape index (κ2) is 19.9. The number of anilines is 2. The Labute approximate surface area is 415 Å². The quantitative estimate of drug-likeness (QED) is 0.103. The Kier molecular flexibility index (Phi) is 13.0. The normalized spacial score (nSPS) is 15.0. The molecule has 0 heterocycles. The fraction of sp³-hybridized carbons (Fsp3) is 0.130. The molecule has 10 aromatic carbocycles. The molecule has 0 aliphatic heterocycles. The van der Waals surface area contributed by atoms with Crippen molar-refractivity contribution in [2.75, 3.05) is 4.90 Å². The average Bonchev–Trinajstić information content (AvgIpc) is 3.73. The average molecular weight is 904 g/mol. The topological polar surface area (TPSA) is 3.24 Å². The number of nitrogens with zero attached hydrogens (tertiary/aromatic N) is 1. The molecular formula is C69H61N. The second-order valence-electron chi connectivity index (χ2n) is 17.8. The summed E-state index contributed by atoms with van der Waals surface area (Å²) in [6, 6.07) is 76.8. The van der Waals surface area contributed by atoms with Gasteiger partial charge in [-0.15, -0.1) is 0 Å². The lowest BCUT2D eigenvalue weighted by Gasteiger charge is -2.36. The summed E-state index contributed by atoms with van der Waals surface area (Å²) >= 11 is 0. The molecule has 0 radical (unpaired) electrons. The molecule has 2 aliphatic carbocycles. The summed E-state index contributed by atoms with van der Waals surface area (Å²) in [6.45, 7) is 14.5. The third-order valence-electron chi connectivity index (χ3n) is 14.3. The zero-order valence-corrected chi connectivity index (χ0v) is 41.2. The van der Waals surface area contributed by atoms with Gasteiger partial charge in [-0.05, 0) is 155 Å². The van der Waals surface area contributed by atoms with Gasteiger partial charge in [0, 0.05) is 17.1 Å². The maximum Gasteiger partial charge on any atom is 0.0677 e. The Morgan fingerprint density at radius 1 is 0.500 bits per heavy atom. The fourth-order valence-electron chi connectivity index (χ4n) is 11.5. The third kappa shape index (κ3) is 7.67. The van der Waals surface area contributed by atoms with Crippen LogP contribution in [0, 0.1) is 0 Å². The van der Waals surface area contributed by atoms with Crippen molar-refractivity contribution in [1.82, 2.24) is 0 Å². The highest BCUT2D eigenvalue weighted by molar-refractivity contribution is 6.14. The third-order valence-corrected chi connectivity index (χ3v) is 14.3. The summed E-state index contributed by atoms with van der Waals surface area (Å²) in [6.07, 6.45) is 11.9. The van der Waals surface area contributed by atoms with Crippen molar-refractivity contribution in [1.29, 1.82) is 0 Å². The summed E-state index contributed by atoms with van der Waals surface area (Å²) in [7, 11) is 0. The van der Waals surface area contributed by atoms with Crippen molar-refractivity contribution >= 4 is 60.0 Å². The molecule has 0 fully saturated rings. The molecular weight excluding hydrogens is 843 g/mol. The molecule has 1 unspecified atom stereocenters. The van der Waals surface area contributed by atoms with Crippen LogP contribution in [0.3, 0.4) is 0 Å². The van der Waals surface area contributed by atoms with Crippen molar-refractivity contribution < 1.29 is 0 Å². The van der Waals surface area contributed by atoms with Gasteiger partial charge < -0.3 is 4.90 Å². The minimum absolute atomic E-state index is 0.504. The molecule has 1 nitrogen and oxygen atoms in total. The molecule has 1 heteroatoms. The monoisotopic (exact) mass is 903 g/mol. The van der Waals surface area contributed by atoms with Gasteiger partial charge in [0.25, 0.3) is 0 Å². The Hall–Kier alpha value is -8.00. The predicted molar refractivity (Wildman–Crippen MR) is 305 cm³/mol. The van der Waals surface area contributed by atoms with Gasteiger partial charge in [0.05, 0.1) is 5.41 Å². The predicted octanol–water partition coefficient (Wildman–Crippen LogP) is 19.8. The standard InChI is InChI=1S/C65H49N.2C2H6/c1-3-20-48(4-2)65(49-25-6-5-7-26-49)63-36-17-16-35-59(63)60-38-37-52(43-64(60)65)66(50-27-18-23-44(39-50)61-41-46-21-8-10-29-53(46)55-31-12-14-33-57(55)61)51-28-19-24-45(40-51)62-42-47-22-9-11-30-54(47)56-32-13-15-34-58(56)62;2*1-2/h3,5-18,20-23,25-43H,1,4,19,24H2,2H3;2*1-2H3/b48-20+;;. The first-order valence-corrected chi connectivity index (χ1v) is 25.4. The number of hydrogen-bond acceptors (Lipinski definition) is 1. The molecule has 0 bridgehead atoms. The molecule has 70 heavy (non-hydrogen) atoms. The van der Waals surface area contributed by atoms with Crippen LogP contribution in [0.1, 0.15) is 76.1 Å². The molecule has 0 saturated heterocycles. The van der Waals surface area contributed by atoms with E-state index in [1.807, 2.05) is 33.8 Å². The van der Waals surface area contributed by atoms with E-state index in [1.165, 1.54) is 104 Å². The highest BCUT2D eigenvalue weighted by atomic mass is 15.1. The summed E-state index contributed by atoms with van der Waals surface area (Å²) in [5, 5.41) is 10.2. The zero-order valence-electron chi connectivity index (χ0n) is 41.2. The Morgan fingerprint density at radius 3 is 1.73 bits per heavy atom. The van der Waals surface area contributed by atoms with E-state index in [0.29, 0.717) is 0 Å². The molecule has 342 valence electrons. The molecule has 0 N–H and O–H groups in total. The summed E-state index contributed by atoms with van der Waals surface area (Å²) < 4.78 is 0. The van der Waals surface area contributed by atoms with Gasteiger partial charge in [-0.3, -0.25) is 0 Å². The van der Waals surface area contributed by atoms with Gasteiger partial charge >= 0.3 is 0 Å². The van der Waals surface area contributed by atoms with Crippen LogP contribution in [-0.2, 0) is 5.41 Å². The van der Waals surface area contributed by atoms with E-state index >= 15 is 0 Å². The van der Waals surface area contributed by atoms with Gasteiger partial charge in [-0.25, -0.2) is 0 Å². The van der Waals surface area contributed by atoms with Crippen LogP contribution in [-0.4, -0.2) is 0 Å². The highest BCUT2D eigenvalue weighted by Crippen LogP contribution is 2.58. The summed E-state index contributed by atoms with van der Waals surface area (Å²) in [4.78, 5) is 2.52. The van der Waals surface area contributed by atoms with Gasteiger partial charge in [-0.1, -0.05) is 235 Å². The molecule has 2 aliphatic rings. The number of hydrogen-bond donors (Lipinski definition) is 0. The lowest BCUT2D eigenvalue weighted by atomic mass is 9.66. The molecule has 1 atom stereocenters. The van der Waals surface area contributed by atoms with Gasteiger partial charge in [0.2, 0.25) is 0 Å². The smallest absolute Gasteiger partial charge is 0.0677 e. The maximum atomic E-state index is 4.24. The van der Waals surface area contributed by atoms with Crippen molar-refractivity contribution in [2.45, 2.75) is 59.3 Å². The molecule has 0 amide bonds. The zero-order chi connectivity index (χ0) is 48.2. The van der Waals surface area contributed by atoms with Crippen LogP contribution in [0.25, 0.3) is 70.9 Å². The Balaban J connectivity index is 0.00000138. The van der Waals surface area contributed by atoms with Crippen molar-refractivity contribution in [2.24, 2.45) is 0 Å². The first-order chi connectivity index (χ1) is 34.6. The van der Waals surface area contributed by atoms with Gasteiger partial charge in [0.15, 0.2) is 0 Å². The molecule has 10 aromatic rings. The van der Waals surface area contributed by atoms with E-state index in [9.17, 15) is 0 Å². The van der Waals surface area contributed by atoms with E-state index < -0.39 is 5.41 Å². The highest BCUT2D eigenvalue weighted by Gasteiger charge is 2.47. The van der Waals surface area contributed by atoms with Crippen molar-refractivity contribution in [3.8, 4) is 22.3 Å². The number of rotatable bonds is 9. The number of fused-ring (bicyclic) bond motifs is 9. The lowest BCUT2D eigenvalue weighted by molar-refractivity contribution is 0.713. The van der Waals surface area contributed by atoms with E-state index in [2.05, 4.69) is 243 Å². The van der Waals surface area contributed by atoms with Crippen LogP contribution in [0.4, 0.5) is 11.4 Å². The minimum atomic E-state index is -0.504. The van der Waals surface area contributed by atoms with Crippen molar-refractivity contribution in [3.63, 3.8) is 0 Å². The van der Waals surface area contributed by atoms with E-state index in [-0.39, 0.29) is 0 Å². The second-order valence-corrected chi connectivity index (χ2v) is 17.8. The van der Waals surface area contributed by atoms with Crippen LogP contribution < -0.4 is 4.90 Å². The van der Waals surface area contributed by atoms with Crippen LogP contribution in [0.2, 0.25) is 0 Å². The Bertz CT molecular complexity index is 3660. The van der Waals surface area contributed by atoms with E-state index in [4.69, 9.17) is 0 Å². The Morgan fingerprint density at radius 2 is 1.06 bits per heavy atom. The van der Waals surface area contributed by atoms with Gasteiger partial charge in [-0.2, -0.15) is 0 Å². The fourth-order valence-corrected chi connectivity index (χ4v) is 11.5. The first-order valence-electron chi connectivity index (χ1n) is 25.4. The maximum absolute atomic E-state index is 4.24. The number of allylic oxidation sites excluding steroid dienone is 6. The van der Waals surface area contributed by atoms with Crippen LogP contribution >= 0.6 is 0 Å². The van der Waals surface area contributed by atoms with Crippen LogP contribution in [0.15, 0.2) is 248 Å². The van der Waals surface area contributed by atoms with Gasteiger partial charge in [0.1, 0.15) is 0 Å². The SMILES string of the molecule is C=C/C=C(\CC)C1(c2ccccc2)c2ccccc2-c2ccc(N(C3=CCCC(c4cc5ccccc5c5ccccc45)=C3)c3cccc(-c4cc5ccccc5c5ccccc45)c3)cc21.CC.CC. The largest absolute Gasteiger partial charge is 0.311 e.